The third-order valence-corrected chi connectivity index (χ3v) is 6.51. The molecule has 1 amide bonds. The van der Waals surface area contributed by atoms with Crippen molar-refractivity contribution >= 4 is 56.8 Å². The van der Waals surface area contributed by atoms with Gasteiger partial charge in [0.1, 0.15) is 36.4 Å². The van der Waals surface area contributed by atoms with E-state index in [4.69, 9.17) is 32.7 Å². The van der Waals surface area contributed by atoms with Gasteiger partial charge in [-0.1, -0.05) is 69.5 Å². The largest absolute Gasteiger partial charge is 0.489 e. The van der Waals surface area contributed by atoms with Crippen molar-refractivity contribution in [2.75, 3.05) is 5.32 Å². The van der Waals surface area contributed by atoms with Gasteiger partial charge in [0.05, 0.1) is 0 Å². The second-order valence-electron chi connectivity index (χ2n) is 8.16. The van der Waals surface area contributed by atoms with Crippen LogP contribution in [-0.2, 0) is 18.0 Å². The molecular weight excluding hydrogens is 587 g/mol. The van der Waals surface area contributed by atoms with Crippen LogP contribution in [0.4, 0.5) is 5.69 Å². The molecule has 0 aliphatic heterocycles. The number of benzene rings is 4. The maximum atomic E-state index is 12.7. The number of hydrogen-bond acceptors (Lipinski definition) is 4. The van der Waals surface area contributed by atoms with Crippen LogP contribution in [-0.4, -0.2) is 5.91 Å². The summed E-state index contributed by atoms with van der Waals surface area (Å²) in [6.45, 7) is 0.712. The Morgan fingerprint density at radius 2 is 1.50 bits per heavy atom. The summed E-state index contributed by atoms with van der Waals surface area (Å²) in [5.74, 6) is 0.783. The van der Waals surface area contributed by atoms with Crippen LogP contribution >= 0.6 is 39.1 Å². The zero-order valence-corrected chi connectivity index (χ0v) is 23.1. The van der Waals surface area contributed by atoms with E-state index in [1.54, 1.807) is 66.7 Å². The molecule has 4 aromatic carbocycles. The van der Waals surface area contributed by atoms with Gasteiger partial charge in [0, 0.05) is 25.8 Å². The Morgan fingerprint density at radius 3 is 2.13 bits per heavy atom. The van der Waals surface area contributed by atoms with Gasteiger partial charge in [-0.3, -0.25) is 4.79 Å². The average molecular weight is 608 g/mol. The van der Waals surface area contributed by atoms with E-state index in [0.717, 1.165) is 15.6 Å². The highest BCUT2D eigenvalue weighted by Gasteiger charge is 2.10. The molecule has 0 aromatic heterocycles. The minimum atomic E-state index is -0.510. The molecule has 0 fully saturated rings. The lowest BCUT2D eigenvalue weighted by molar-refractivity contribution is -0.112. The molecule has 0 saturated carbocycles. The summed E-state index contributed by atoms with van der Waals surface area (Å²) in [6.07, 6.45) is 1.53. The number of carbonyl (C=O) groups is 1. The highest BCUT2D eigenvalue weighted by Crippen LogP contribution is 2.24. The van der Waals surface area contributed by atoms with Crippen molar-refractivity contribution in [3.05, 3.63) is 128 Å². The summed E-state index contributed by atoms with van der Waals surface area (Å²) in [5, 5.41) is 13.4. The van der Waals surface area contributed by atoms with E-state index in [9.17, 15) is 10.1 Å². The molecule has 38 heavy (non-hydrogen) atoms. The quantitative estimate of drug-likeness (QED) is 0.153. The van der Waals surface area contributed by atoms with E-state index in [1.807, 2.05) is 30.3 Å². The highest BCUT2D eigenvalue weighted by molar-refractivity contribution is 9.10. The van der Waals surface area contributed by atoms with Crippen LogP contribution in [0.3, 0.4) is 0 Å². The summed E-state index contributed by atoms with van der Waals surface area (Å²) in [6, 6.07) is 29.1. The smallest absolute Gasteiger partial charge is 0.266 e. The number of nitriles is 1. The van der Waals surface area contributed by atoms with Crippen LogP contribution in [0.1, 0.15) is 16.7 Å². The molecule has 0 heterocycles. The number of nitrogens with one attached hydrogen (secondary N) is 1. The highest BCUT2D eigenvalue weighted by atomic mass is 79.9. The number of rotatable bonds is 9. The van der Waals surface area contributed by atoms with Gasteiger partial charge in [-0.25, -0.2) is 0 Å². The van der Waals surface area contributed by atoms with Crippen LogP contribution < -0.4 is 14.8 Å². The zero-order valence-electron chi connectivity index (χ0n) is 20.0. The zero-order chi connectivity index (χ0) is 26.9. The predicted octanol–water partition coefficient (Wildman–Crippen LogP) is 8.46. The van der Waals surface area contributed by atoms with Gasteiger partial charge in [0.25, 0.3) is 5.91 Å². The van der Waals surface area contributed by atoms with Crippen molar-refractivity contribution in [3.63, 3.8) is 0 Å². The molecule has 0 aliphatic rings. The van der Waals surface area contributed by atoms with E-state index in [-0.39, 0.29) is 12.2 Å². The lowest BCUT2D eigenvalue weighted by atomic mass is 10.1. The molecule has 5 nitrogen and oxygen atoms in total. The third-order valence-electron chi connectivity index (χ3n) is 5.40. The van der Waals surface area contributed by atoms with E-state index in [1.165, 1.54) is 6.08 Å². The number of carbonyl (C=O) groups excluding carboxylic acids is 1. The SMILES string of the molecule is N#C/C(=C\c1ccc(OCc2ccc(Br)cc2)cc1)C(=O)Nc1ccc(OCc2ccc(Cl)cc2Cl)cc1. The molecule has 1 N–H and O–H groups in total. The number of anilines is 1. The number of amides is 1. The van der Waals surface area contributed by atoms with Gasteiger partial charge >= 0.3 is 0 Å². The minimum absolute atomic E-state index is 0.0220. The average Bonchev–Trinajstić information content (AvgIpc) is 2.92. The molecular formula is C30H21BrCl2N2O3. The van der Waals surface area contributed by atoms with Crippen LogP contribution in [0.25, 0.3) is 6.08 Å². The van der Waals surface area contributed by atoms with Crippen LogP contribution in [0.15, 0.2) is 101 Å². The molecule has 8 heteroatoms. The number of nitrogens with zero attached hydrogens (tertiary/aromatic N) is 1. The van der Waals surface area contributed by atoms with Crippen molar-refractivity contribution in [3.8, 4) is 17.6 Å². The van der Waals surface area contributed by atoms with Gasteiger partial charge in [0.2, 0.25) is 0 Å². The van der Waals surface area contributed by atoms with E-state index in [2.05, 4.69) is 21.2 Å². The van der Waals surface area contributed by atoms with Crippen molar-refractivity contribution < 1.29 is 14.3 Å². The fourth-order valence-electron chi connectivity index (χ4n) is 3.36. The van der Waals surface area contributed by atoms with E-state index >= 15 is 0 Å². The molecule has 0 saturated heterocycles. The second-order valence-corrected chi connectivity index (χ2v) is 9.92. The Kier molecular flexibility index (Phi) is 9.45. The first kappa shape index (κ1) is 27.3. The Bertz CT molecular complexity index is 1480. The molecule has 0 aliphatic carbocycles. The molecule has 4 rings (SSSR count). The Morgan fingerprint density at radius 1 is 0.868 bits per heavy atom. The van der Waals surface area contributed by atoms with Crippen molar-refractivity contribution in [2.24, 2.45) is 0 Å². The summed E-state index contributed by atoms with van der Waals surface area (Å²) in [7, 11) is 0. The van der Waals surface area contributed by atoms with Gasteiger partial charge in [-0.05, 0) is 77.9 Å². The maximum Gasteiger partial charge on any atom is 0.266 e. The summed E-state index contributed by atoms with van der Waals surface area (Å²) < 4.78 is 12.6. The maximum absolute atomic E-state index is 12.7. The van der Waals surface area contributed by atoms with Gasteiger partial charge in [-0.2, -0.15) is 5.26 Å². The fourth-order valence-corrected chi connectivity index (χ4v) is 4.08. The number of halogens is 3. The van der Waals surface area contributed by atoms with E-state index in [0.29, 0.717) is 39.4 Å². The molecule has 0 radical (unpaired) electrons. The first-order valence-corrected chi connectivity index (χ1v) is 13.0. The predicted molar refractivity (Wildman–Crippen MR) is 154 cm³/mol. The monoisotopic (exact) mass is 606 g/mol. The molecule has 0 spiro atoms. The van der Waals surface area contributed by atoms with E-state index < -0.39 is 5.91 Å². The van der Waals surface area contributed by atoms with Crippen molar-refractivity contribution in [1.82, 2.24) is 0 Å². The van der Waals surface area contributed by atoms with Crippen LogP contribution in [0.2, 0.25) is 10.0 Å². The van der Waals surface area contributed by atoms with Gasteiger partial charge in [0.15, 0.2) is 0 Å². The molecule has 190 valence electrons. The Labute approximate surface area is 239 Å². The first-order valence-electron chi connectivity index (χ1n) is 11.5. The third kappa shape index (κ3) is 7.87. The molecule has 0 atom stereocenters. The molecule has 0 unspecified atom stereocenters. The first-order chi connectivity index (χ1) is 18.4. The molecule has 0 bridgehead atoms. The Hall–Kier alpha value is -3.76. The van der Waals surface area contributed by atoms with Gasteiger partial charge in [-0.15, -0.1) is 0 Å². The summed E-state index contributed by atoms with van der Waals surface area (Å²) in [4.78, 5) is 12.7. The van der Waals surface area contributed by atoms with Crippen LogP contribution in [0.5, 0.6) is 11.5 Å². The number of ether oxygens (including phenoxy) is 2. The number of hydrogen-bond donors (Lipinski definition) is 1. The van der Waals surface area contributed by atoms with Gasteiger partial charge < -0.3 is 14.8 Å². The topological polar surface area (TPSA) is 71.3 Å². The van der Waals surface area contributed by atoms with Crippen LogP contribution in [0, 0.1) is 11.3 Å². The van der Waals surface area contributed by atoms with Crippen molar-refractivity contribution in [1.29, 1.82) is 5.26 Å². The molecule has 4 aromatic rings. The Balaban J connectivity index is 1.32. The lowest BCUT2D eigenvalue weighted by Crippen LogP contribution is -2.13. The minimum Gasteiger partial charge on any atom is -0.489 e. The normalized spacial score (nSPS) is 10.9. The summed E-state index contributed by atoms with van der Waals surface area (Å²) >= 11 is 15.5. The lowest BCUT2D eigenvalue weighted by Gasteiger charge is -2.10. The second kappa shape index (κ2) is 13.2. The fraction of sp³-hybridized carbons (Fsp3) is 0.0667. The summed E-state index contributed by atoms with van der Waals surface area (Å²) in [5.41, 5.74) is 3.07. The van der Waals surface area contributed by atoms with Crippen molar-refractivity contribution in [2.45, 2.75) is 13.2 Å². The standard InChI is InChI=1S/C30H21BrCl2N2O3/c31-24-6-1-21(2-7-24)18-37-27-11-3-20(4-12-27)15-23(17-34)30(36)35-26-9-13-28(14-10-26)38-19-22-5-8-25(32)16-29(22)33/h1-16H,18-19H2,(H,35,36)/b23-15+.